The van der Waals surface area contributed by atoms with Gasteiger partial charge in [-0.15, -0.1) is 0 Å². The summed E-state index contributed by atoms with van der Waals surface area (Å²) >= 11 is 0. The predicted molar refractivity (Wildman–Crippen MR) is 63.5 cm³/mol. The van der Waals surface area contributed by atoms with Crippen molar-refractivity contribution in [2.45, 2.75) is 13.8 Å². The molecule has 7 heteroatoms. The molecule has 0 radical (unpaired) electrons. The van der Waals surface area contributed by atoms with Gasteiger partial charge in [-0.1, -0.05) is 0 Å². The highest BCUT2D eigenvalue weighted by atomic mass is 32.2. The third-order valence-electron chi connectivity index (χ3n) is 2.14. The van der Waals surface area contributed by atoms with Crippen molar-refractivity contribution in [1.82, 2.24) is 4.57 Å². The van der Waals surface area contributed by atoms with Crippen LogP contribution in [0.2, 0.25) is 0 Å². The maximum Gasteiger partial charge on any atom is 0.240 e. The Hall–Kier alpha value is -1.63. The van der Waals surface area contributed by atoms with Gasteiger partial charge in [-0.25, -0.2) is 8.42 Å². The van der Waals surface area contributed by atoms with Crippen LogP contribution in [0.3, 0.4) is 0 Å². The highest BCUT2D eigenvalue weighted by molar-refractivity contribution is 7.93. The Morgan fingerprint density at radius 2 is 1.88 bits per heavy atom. The van der Waals surface area contributed by atoms with Crippen LogP contribution in [0, 0.1) is 0 Å². The van der Waals surface area contributed by atoms with Crippen LogP contribution in [0.25, 0.3) is 0 Å². The number of nitrogens with zero attached hydrogens (tertiary/aromatic N) is 1. The first kappa shape index (κ1) is 13.4. The second-order valence-corrected chi connectivity index (χ2v) is 5.50. The van der Waals surface area contributed by atoms with E-state index in [1.165, 1.54) is 30.5 Å². The fraction of sp³-hybridized carbons (Fsp3) is 0.400. The minimum absolute atomic E-state index is 0.162. The topological polar surface area (TPSA) is 85.2 Å². The van der Waals surface area contributed by atoms with Crippen LogP contribution in [-0.2, 0) is 21.9 Å². The number of rotatable bonds is 5. The summed E-state index contributed by atoms with van der Waals surface area (Å²) in [4.78, 5) is 21.9. The van der Waals surface area contributed by atoms with Crippen molar-refractivity contribution in [3.8, 4) is 0 Å². The number of sulfonamides is 1. The summed E-state index contributed by atoms with van der Waals surface area (Å²) < 4.78 is 26.7. The van der Waals surface area contributed by atoms with Crippen LogP contribution in [0.1, 0.15) is 24.3 Å². The molecule has 1 aromatic heterocycles. The van der Waals surface area contributed by atoms with Crippen molar-refractivity contribution >= 4 is 27.4 Å². The van der Waals surface area contributed by atoms with Crippen LogP contribution in [0.15, 0.2) is 12.1 Å². The predicted octanol–water partition coefficient (Wildman–Crippen LogP) is 0.558. The number of carbonyl (C=O) groups excluding carboxylic acids is 2. The van der Waals surface area contributed by atoms with E-state index in [1.54, 1.807) is 7.05 Å². The second kappa shape index (κ2) is 4.70. The van der Waals surface area contributed by atoms with Crippen molar-refractivity contribution in [1.29, 1.82) is 0 Å². The van der Waals surface area contributed by atoms with Crippen LogP contribution in [0.5, 0.6) is 0 Å². The van der Waals surface area contributed by atoms with E-state index in [0.29, 0.717) is 5.69 Å². The first-order valence-electron chi connectivity index (χ1n) is 4.89. The Bertz CT molecular complexity index is 557. The molecule has 0 saturated heterocycles. The van der Waals surface area contributed by atoms with Crippen LogP contribution in [0.4, 0.5) is 5.82 Å². The van der Waals surface area contributed by atoms with Gasteiger partial charge in [0.2, 0.25) is 10.0 Å². The monoisotopic (exact) mass is 258 g/mol. The number of carbonyl (C=O) groups is 2. The average molecular weight is 258 g/mol. The van der Waals surface area contributed by atoms with Gasteiger partial charge in [-0.3, -0.25) is 14.3 Å². The van der Waals surface area contributed by atoms with E-state index in [0.717, 1.165) is 0 Å². The SMILES string of the molecule is CC(=O)CS(=O)(=O)Nc1ccc(C(C)=O)n1C. The fourth-order valence-electron chi connectivity index (χ4n) is 1.43. The lowest BCUT2D eigenvalue weighted by Crippen LogP contribution is -2.22. The first-order valence-corrected chi connectivity index (χ1v) is 6.55. The molecule has 0 aromatic carbocycles. The largest absolute Gasteiger partial charge is 0.328 e. The molecule has 0 saturated carbocycles. The Morgan fingerprint density at radius 1 is 1.29 bits per heavy atom. The molecule has 0 aliphatic heterocycles. The van der Waals surface area contributed by atoms with Gasteiger partial charge >= 0.3 is 0 Å². The lowest BCUT2D eigenvalue weighted by atomic mass is 10.3. The number of hydrogen-bond acceptors (Lipinski definition) is 4. The highest BCUT2D eigenvalue weighted by Crippen LogP contribution is 2.14. The number of aromatic nitrogens is 1. The summed E-state index contributed by atoms with van der Waals surface area (Å²) in [5.41, 5.74) is 0.394. The standard InChI is InChI=1S/C10H14N2O4S/c1-7(13)6-17(15,16)11-10-5-4-9(8(2)14)12(10)3/h4-5,11H,6H2,1-3H3. The molecule has 0 bridgehead atoms. The van der Waals surface area contributed by atoms with Crippen molar-refractivity contribution < 1.29 is 18.0 Å². The molecule has 17 heavy (non-hydrogen) atoms. The van der Waals surface area contributed by atoms with E-state index in [2.05, 4.69) is 4.72 Å². The van der Waals surface area contributed by atoms with Gasteiger partial charge < -0.3 is 4.57 Å². The number of nitrogens with one attached hydrogen (secondary N) is 1. The molecule has 0 unspecified atom stereocenters. The Labute approximate surface area is 99.7 Å². The molecule has 1 rings (SSSR count). The van der Waals surface area contributed by atoms with Crippen LogP contribution in [-0.4, -0.2) is 30.3 Å². The smallest absolute Gasteiger partial charge is 0.240 e. The van der Waals surface area contributed by atoms with E-state index in [9.17, 15) is 18.0 Å². The average Bonchev–Trinajstić information content (AvgIpc) is 2.44. The summed E-state index contributed by atoms with van der Waals surface area (Å²) in [6, 6.07) is 3.00. The van der Waals surface area contributed by atoms with Gasteiger partial charge in [0.15, 0.2) is 5.78 Å². The normalized spacial score (nSPS) is 11.2. The second-order valence-electron chi connectivity index (χ2n) is 3.78. The molecule has 0 spiro atoms. The van der Waals surface area contributed by atoms with E-state index in [4.69, 9.17) is 0 Å². The summed E-state index contributed by atoms with van der Waals surface area (Å²) in [6.45, 7) is 2.59. The molecule has 1 aromatic rings. The number of anilines is 1. The quantitative estimate of drug-likeness (QED) is 0.782. The van der Waals surface area contributed by atoms with Crippen molar-refractivity contribution in [3.63, 3.8) is 0 Å². The van der Waals surface area contributed by atoms with E-state index in [1.807, 2.05) is 0 Å². The maximum absolute atomic E-state index is 11.5. The van der Waals surface area contributed by atoms with Gasteiger partial charge in [0.05, 0.1) is 5.69 Å². The highest BCUT2D eigenvalue weighted by Gasteiger charge is 2.16. The third-order valence-corrected chi connectivity index (χ3v) is 3.44. The molecule has 1 heterocycles. The number of Topliss-reactive ketones (excluding diaryl/α,β-unsaturated/α-hetero) is 2. The third kappa shape index (κ3) is 3.42. The molecule has 0 fully saturated rings. The number of hydrogen-bond donors (Lipinski definition) is 1. The Balaban J connectivity index is 2.97. The minimum atomic E-state index is -3.70. The summed E-state index contributed by atoms with van der Waals surface area (Å²) in [7, 11) is -2.13. The van der Waals surface area contributed by atoms with Crippen molar-refractivity contribution in [2.24, 2.45) is 7.05 Å². The van der Waals surface area contributed by atoms with Crippen molar-refractivity contribution in [2.75, 3.05) is 10.5 Å². The zero-order valence-electron chi connectivity index (χ0n) is 9.85. The van der Waals surface area contributed by atoms with E-state index >= 15 is 0 Å². The first-order chi connectivity index (χ1) is 7.73. The lowest BCUT2D eigenvalue weighted by molar-refractivity contribution is -0.114. The molecule has 94 valence electrons. The molecular formula is C10H14N2O4S. The summed E-state index contributed by atoms with van der Waals surface area (Å²) in [5.74, 6) is -0.924. The van der Waals surface area contributed by atoms with E-state index < -0.39 is 21.6 Å². The van der Waals surface area contributed by atoms with Gasteiger partial charge in [-0.05, 0) is 19.1 Å². The zero-order valence-corrected chi connectivity index (χ0v) is 10.7. The van der Waals surface area contributed by atoms with Crippen molar-refractivity contribution in [3.05, 3.63) is 17.8 Å². The Kier molecular flexibility index (Phi) is 3.72. The zero-order chi connectivity index (χ0) is 13.2. The minimum Gasteiger partial charge on any atom is -0.328 e. The van der Waals surface area contributed by atoms with Gasteiger partial charge in [0.25, 0.3) is 0 Å². The molecule has 0 aliphatic rings. The van der Waals surface area contributed by atoms with Gasteiger partial charge in [-0.2, -0.15) is 0 Å². The maximum atomic E-state index is 11.5. The molecule has 0 amide bonds. The summed E-state index contributed by atoms with van der Waals surface area (Å²) in [6.07, 6.45) is 0. The molecule has 6 nitrogen and oxygen atoms in total. The van der Waals surface area contributed by atoms with Crippen LogP contribution >= 0.6 is 0 Å². The molecular weight excluding hydrogens is 244 g/mol. The van der Waals surface area contributed by atoms with Gasteiger partial charge in [0, 0.05) is 14.0 Å². The fourth-order valence-corrected chi connectivity index (χ4v) is 2.56. The van der Waals surface area contributed by atoms with Gasteiger partial charge in [0.1, 0.15) is 17.4 Å². The summed E-state index contributed by atoms with van der Waals surface area (Å²) in [5, 5.41) is 0. The van der Waals surface area contributed by atoms with E-state index in [-0.39, 0.29) is 11.6 Å². The van der Waals surface area contributed by atoms with Crippen LogP contribution < -0.4 is 4.72 Å². The Morgan fingerprint density at radius 3 is 2.29 bits per heavy atom. The molecule has 1 N–H and O–H groups in total. The lowest BCUT2D eigenvalue weighted by Gasteiger charge is -2.08. The molecule has 0 atom stereocenters. The molecule has 0 aliphatic carbocycles. The number of ketones is 2.